The number of alkyl halides is 2. The van der Waals surface area contributed by atoms with E-state index >= 15 is 0 Å². The van der Waals surface area contributed by atoms with Crippen LogP contribution in [0.3, 0.4) is 0 Å². The van der Waals surface area contributed by atoms with E-state index in [4.69, 9.17) is 23.2 Å². The van der Waals surface area contributed by atoms with E-state index in [0.29, 0.717) is 0 Å². The van der Waals surface area contributed by atoms with Gasteiger partial charge in [-0.1, -0.05) is 38.3 Å². The van der Waals surface area contributed by atoms with E-state index < -0.39 is 16.1 Å². The lowest BCUT2D eigenvalue weighted by atomic mass is 10.9. The molecule has 74 valence electrons. The van der Waals surface area contributed by atoms with Crippen molar-refractivity contribution in [3.63, 3.8) is 0 Å². The third-order valence-corrected chi connectivity index (χ3v) is 11.7. The summed E-state index contributed by atoms with van der Waals surface area (Å²) in [5.41, 5.74) is 1.78. The minimum absolute atomic E-state index is 0.889. The molecule has 0 radical (unpaired) electrons. The van der Waals surface area contributed by atoms with Gasteiger partial charge in [0.15, 0.2) is 0 Å². The largest absolute Gasteiger partial charge is 0.130 e. The van der Waals surface area contributed by atoms with Crippen molar-refractivity contribution in [2.75, 3.05) is 11.0 Å². The van der Waals surface area contributed by atoms with E-state index in [1.165, 1.54) is 12.1 Å². The number of hydrogen-bond acceptors (Lipinski definition) is 0. The summed E-state index contributed by atoms with van der Waals surface area (Å²) in [6.07, 6.45) is 0. The van der Waals surface area contributed by atoms with Gasteiger partial charge in [-0.05, 0) is 0 Å². The van der Waals surface area contributed by atoms with Crippen LogP contribution in [0.25, 0.3) is 0 Å². The highest BCUT2D eigenvalue weighted by atomic mass is 35.5. The SMILES string of the molecule is C[Si](C)(CCl)CC[Si](C)(C)CCl. The van der Waals surface area contributed by atoms with E-state index in [0.717, 1.165) is 11.0 Å². The van der Waals surface area contributed by atoms with Crippen molar-refractivity contribution in [3.05, 3.63) is 0 Å². The van der Waals surface area contributed by atoms with Gasteiger partial charge >= 0.3 is 0 Å². The molecule has 12 heavy (non-hydrogen) atoms. The second-order valence-electron chi connectivity index (χ2n) is 5.10. The van der Waals surface area contributed by atoms with Crippen molar-refractivity contribution in [1.82, 2.24) is 0 Å². The molecule has 0 nitrogen and oxygen atoms in total. The lowest BCUT2D eigenvalue weighted by Crippen LogP contribution is -2.35. The molecule has 0 atom stereocenters. The average Bonchev–Trinajstić information content (AvgIpc) is 2.02. The van der Waals surface area contributed by atoms with Gasteiger partial charge in [-0.2, -0.15) is 0 Å². The predicted octanol–water partition coefficient (Wildman–Crippen LogP) is 3.96. The molecule has 0 spiro atoms. The summed E-state index contributed by atoms with van der Waals surface area (Å²) < 4.78 is 0. The Balaban J connectivity index is 3.82. The van der Waals surface area contributed by atoms with Crippen LogP contribution in [-0.2, 0) is 0 Å². The molecule has 0 aliphatic heterocycles. The maximum atomic E-state index is 5.91. The van der Waals surface area contributed by atoms with Crippen molar-refractivity contribution >= 4 is 39.3 Å². The maximum absolute atomic E-state index is 5.91. The summed E-state index contributed by atoms with van der Waals surface area (Å²) in [6, 6.07) is 2.70. The Morgan fingerprint density at radius 2 is 1.00 bits per heavy atom. The van der Waals surface area contributed by atoms with Gasteiger partial charge in [0, 0.05) is 11.0 Å². The third kappa shape index (κ3) is 5.62. The third-order valence-electron chi connectivity index (χ3n) is 2.20. The molecule has 0 aromatic carbocycles. The monoisotopic (exact) mass is 242 g/mol. The molecular weight excluding hydrogens is 223 g/mol. The summed E-state index contributed by atoms with van der Waals surface area (Å²) in [5, 5.41) is 0. The van der Waals surface area contributed by atoms with Crippen LogP contribution in [0.1, 0.15) is 0 Å². The van der Waals surface area contributed by atoms with Crippen molar-refractivity contribution in [2.45, 2.75) is 38.3 Å². The van der Waals surface area contributed by atoms with Crippen LogP contribution in [0.15, 0.2) is 0 Å². The zero-order valence-corrected chi connectivity index (χ0v) is 12.1. The van der Waals surface area contributed by atoms with Crippen molar-refractivity contribution in [1.29, 1.82) is 0 Å². The molecule has 4 heteroatoms. The highest BCUT2D eigenvalue weighted by molar-refractivity contribution is 6.87. The molecule has 0 unspecified atom stereocenters. The highest BCUT2D eigenvalue weighted by Gasteiger charge is 2.25. The number of hydrogen-bond donors (Lipinski definition) is 0. The maximum Gasteiger partial charge on any atom is 0.0637 e. The van der Waals surface area contributed by atoms with Gasteiger partial charge in [0.25, 0.3) is 0 Å². The van der Waals surface area contributed by atoms with Crippen LogP contribution in [0.5, 0.6) is 0 Å². The molecular formula is C8H20Cl2Si2. The molecule has 0 fully saturated rings. The summed E-state index contributed by atoms with van der Waals surface area (Å²) in [4.78, 5) is 0. The van der Waals surface area contributed by atoms with Crippen molar-refractivity contribution < 1.29 is 0 Å². The average molecular weight is 243 g/mol. The molecule has 0 aromatic rings. The summed E-state index contributed by atoms with van der Waals surface area (Å²) >= 11 is 11.8. The van der Waals surface area contributed by atoms with Gasteiger partial charge in [0.2, 0.25) is 0 Å². The molecule has 0 amide bonds. The molecule has 0 N–H and O–H groups in total. The quantitative estimate of drug-likeness (QED) is 0.506. The molecule has 0 saturated heterocycles. The molecule has 0 rings (SSSR count). The van der Waals surface area contributed by atoms with Crippen molar-refractivity contribution in [3.8, 4) is 0 Å². The van der Waals surface area contributed by atoms with E-state index in [9.17, 15) is 0 Å². The standard InChI is InChI=1S/C8H20Cl2Si2/c1-11(2,7-9)5-6-12(3,4)8-10/h5-8H2,1-4H3. The predicted molar refractivity (Wildman–Crippen MR) is 66.0 cm³/mol. The van der Waals surface area contributed by atoms with Crippen LogP contribution >= 0.6 is 23.2 Å². The Labute approximate surface area is 88.7 Å². The van der Waals surface area contributed by atoms with Crippen LogP contribution < -0.4 is 0 Å². The van der Waals surface area contributed by atoms with Gasteiger partial charge in [0.05, 0.1) is 16.1 Å². The zero-order valence-electron chi connectivity index (χ0n) is 8.58. The van der Waals surface area contributed by atoms with Gasteiger partial charge in [-0.25, -0.2) is 0 Å². The fourth-order valence-corrected chi connectivity index (χ4v) is 7.29. The van der Waals surface area contributed by atoms with E-state index in [1.807, 2.05) is 0 Å². The topological polar surface area (TPSA) is 0 Å². The van der Waals surface area contributed by atoms with Crippen LogP contribution in [-0.4, -0.2) is 27.2 Å². The molecule has 0 bridgehead atoms. The first-order chi connectivity index (χ1) is 5.33. The van der Waals surface area contributed by atoms with Gasteiger partial charge in [-0.15, -0.1) is 23.2 Å². The Hall–Kier alpha value is 1.01. The molecule has 0 aliphatic rings. The lowest BCUT2D eigenvalue weighted by Gasteiger charge is -2.25. The summed E-state index contributed by atoms with van der Waals surface area (Å²) in [5.74, 6) is 0. The fourth-order valence-electron chi connectivity index (χ4n) is 0.810. The lowest BCUT2D eigenvalue weighted by molar-refractivity contribution is 1.26. The summed E-state index contributed by atoms with van der Waals surface area (Å²) in [6.45, 7) is 9.44. The molecule has 0 heterocycles. The molecule has 0 aliphatic carbocycles. The van der Waals surface area contributed by atoms with E-state index in [2.05, 4.69) is 26.2 Å². The van der Waals surface area contributed by atoms with Gasteiger partial charge in [-0.3, -0.25) is 0 Å². The van der Waals surface area contributed by atoms with Crippen LogP contribution in [0.4, 0.5) is 0 Å². The van der Waals surface area contributed by atoms with Gasteiger partial charge < -0.3 is 0 Å². The Bertz CT molecular complexity index is 119. The van der Waals surface area contributed by atoms with Gasteiger partial charge in [0.1, 0.15) is 0 Å². The second-order valence-corrected chi connectivity index (χ2v) is 16.9. The first-order valence-electron chi connectivity index (χ1n) is 4.45. The van der Waals surface area contributed by atoms with Crippen LogP contribution in [0, 0.1) is 0 Å². The first-order valence-corrected chi connectivity index (χ1v) is 12.3. The van der Waals surface area contributed by atoms with Crippen LogP contribution in [0.2, 0.25) is 38.3 Å². The summed E-state index contributed by atoms with van der Waals surface area (Å²) in [7, 11) is -2.12. The fraction of sp³-hybridized carbons (Fsp3) is 1.00. The normalized spacial score (nSPS) is 13.5. The smallest absolute Gasteiger partial charge is 0.0637 e. The van der Waals surface area contributed by atoms with E-state index in [1.54, 1.807) is 0 Å². The number of rotatable bonds is 5. The minimum Gasteiger partial charge on any atom is -0.130 e. The Kier molecular flexibility index (Phi) is 5.46. The van der Waals surface area contributed by atoms with Crippen molar-refractivity contribution in [2.24, 2.45) is 0 Å². The van der Waals surface area contributed by atoms with E-state index in [-0.39, 0.29) is 0 Å². The highest BCUT2D eigenvalue weighted by Crippen LogP contribution is 2.21. The Morgan fingerprint density at radius 1 is 0.750 bits per heavy atom. The Morgan fingerprint density at radius 3 is 1.17 bits per heavy atom. The first kappa shape index (κ1) is 13.0. The second kappa shape index (κ2) is 5.03. The molecule has 0 aromatic heterocycles. The minimum atomic E-state index is -1.06. The number of halogens is 2. The molecule has 0 saturated carbocycles. The zero-order chi connectivity index (χ0) is 9.83.